The summed E-state index contributed by atoms with van der Waals surface area (Å²) in [5.74, 6) is 0.669. The van der Waals surface area contributed by atoms with Gasteiger partial charge in [0.1, 0.15) is 5.76 Å². The van der Waals surface area contributed by atoms with Crippen molar-refractivity contribution >= 4 is 5.91 Å². The zero-order valence-corrected chi connectivity index (χ0v) is 9.64. The Morgan fingerprint density at radius 1 is 1.59 bits per heavy atom. The maximum Gasteiger partial charge on any atom is 0.274 e. The number of carbonyl (C=O) groups excluding carboxylic acids is 1. The van der Waals surface area contributed by atoms with Crippen LogP contribution in [0.4, 0.5) is 0 Å². The van der Waals surface area contributed by atoms with Gasteiger partial charge in [-0.15, -0.1) is 0 Å². The molecule has 0 aliphatic heterocycles. The molecule has 94 valence electrons. The maximum atomic E-state index is 11.8. The average Bonchev–Trinajstić information content (AvgIpc) is 3.06. The van der Waals surface area contributed by atoms with Gasteiger partial charge in [0.2, 0.25) is 0 Å². The second-order valence-electron chi connectivity index (χ2n) is 4.72. The zero-order valence-electron chi connectivity index (χ0n) is 9.64. The normalized spacial score (nSPS) is 15.9. The third kappa shape index (κ3) is 2.65. The molecule has 0 saturated heterocycles. The number of carbonyl (C=O) groups is 1. The maximum absolute atomic E-state index is 11.8. The number of hydrogen-bond acceptors (Lipinski definition) is 5. The largest absolute Gasteiger partial charge is 0.394 e. The van der Waals surface area contributed by atoms with Gasteiger partial charge in [-0.05, 0) is 19.8 Å². The minimum absolute atomic E-state index is 0.181. The van der Waals surface area contributed by atoms with Gasteiger partial charge in [-0.3, -0.25) is 4.79 Å². The average molecular weight is 240 g/mol. The van der Waals surface area contributed by atoms with E-state index in [-0.39, 0.29) is 18.9 Å². The van der Waals surface area contributed by atoms with Gasteiger partial charge in [0, 0.05) is 12.0 Å². The molecule has 0 spiro atoms. The number of rotatable bonds is 5. The van der Waals surface area contributed by atoms with Crippen LogP contribution in [0.2, 0.25) is 0 Å². The number of nitrogens with zero attached hydrogens (tertiary/aromatic N) is 1. The Bertz CT molecular complexity index is 407. The molecule has 0 unspecified atom stereocenters. The molecule has 1 saturated carbocycles. The van der Waals surface area contributed by atoms with Gasteiger partial charge in [0.05, 0.1) is 18.8 Å². The number of hydrogen-bond donors (Lipinski definition) is 3. The number of amides is 1. The van der Waals surface area contributed by atoms with Crippen LogP contribution >= 0.6 is 0 Å². The second-order valence-corrected chi connectivity index (χ2v) is 4.72. The predicted octanol–water partition coefficient (Wildman–Crippen LogP) is 0.0251. The Labute approximate surface area is 98.6 Å². The zero-order chi connectivity index (χ0) is 12.5. The lowest BCUT2D eigenvalue weighted by Gasteiger charge is -2.25. The molecule has 0 aromatic carbocycles. The van der Waals surface area contributed by atoms with Gasteiger partial charge in [-0.1, -0.05) is 5.16 Å². The summed E-state index contributed by atoms with van der Waals surface area (Å²) >= 11 is 0. The van der Waals surface area contributed by atoms with E-state index < -0.39 is 11.4 Å². The Morgan fingerprint density at radius 3 is 2.76 bits per heavy atom. The third-order valence-electron chi connectivity index (χ3n) is 2.85. The van der Waals surface area contributed by atoms with E-state index in [1.165, 1.54) is 0 Å². The van der Waals surface area contributed by atoms with E-state index in [0.29, 0.717) is 5.92 Å². The summed E-state index contributed by atoms with van der Waals surface area (Å²) in [5, 5.41) is 24.3. The monoisotopic (exact) mass is 240 g/mol. The summed E-state index contributed by atoms with van der Waals surface area (Å²) in [6.07, 6.45) is 2.14. The number of aliphatic hydroxyl groups is 2. The molecule has 1 amide bonds. The Hall–Kier alpha value is -1.40. The first-order valence-electron chi connectivity index (χ1n) is 5.59. The lowest BCUT2D eigenvalue weighted by Crippen LogP contribution is -2.51. The fraction of sp³-hybridized carbons (Fsp3) is 0.636. The highest BCUT2D eigenvalue weighted by Gasteiger charge is 2.30. The highest BCUT2D eigenvalue weighted by molar-refractivity contribution is 5.92. The van der Waals surface area contributed by atoms with Crippen LogP contribution in [0.1, 0.15) is 41.9 Å². The van der Waals surface area contributed by atoms with Crippen molar-refractivity contribution in [2.24, 2.45) is 0 Å². The molecule has 2 rings (SSSR count). The minimum Gasteiger partial charge on any atom is -0.394 e. The highest BCUT2D eigenvalue weighted by Crippen LogP contribution is 2.40. The molecular weight excluding hydrogens is 224 g/mol. The van der Waals surface area contributed by atoms with E-state index in [4.69, 9.17) is 14.7 Å². The van der Waals surface area contributed by atoms with E-state index in [0.717, 1.165) is 18.6 Å². The summed E-state index contributed by atoms with van der Waals surface area (Å²) in [6, 6.07) is 1.61. The van der Waals surface area contributed by atoms with Crippen molar-refractivity contribution in [1.82, 2.24) is 10.5 Å². The molecule has 1 aliphatic carbocycles. The van der Waals surface area contributed by atoms with Gasteiger partial charge in [0.25, 0.3) is 5.91 Å². The Morgan fingerprint density at radius 2 is 2.24 bits per heavy atom. The quantitative estimate of drug-likeness (QED) is 0.674. The molecule has 1 aliphatic rings. The van der Waals surface area contributed by atoms with Gasteiger partial charge in [-0.2, -0.15) is 0 Å². The highest BCUT2D eigenvalue weighted by atomic mass is 16.5. The van der Waals surface area contributed by atoms with Crippen LogP contribution in [0.5, 0.6) is 0 Å². The van der Waals surface area contributed by atoms with Crippen LogP contribution < -0.4 is 5.32 Å². The first kappa shape index (κ1) is 12.1. The van der Waals surface area contributed by atoms with E-state index in [1.807, 2.05) is 0 Å². The van der Waals surface area contributed by atoms with Crippen molar-refractivity contribution in [2.45, 2.75) is 31.2 Å². The van der Waals surface area contributed by atoms with Gasteiger partial charge in [-0.25, -0.2) is 0 Å². The number of aromatic nitrogens is 1. The molecule has 17 heavy (non-hydrogen) atoms. The van der Waals surface area contributed by atoms with Crippen LogP contribution in [0.25, 0.3) is 0 Å². The van der Waals surface area contributed by atoms with Crippen LogP contribution in [0.3, 0.4) is 0 Å². The predicted molar refractivity (Wildman–Crippen MR) is 58.5 cm³/mol. The van der Waals surface area contributed by atoms with Crippen LogP contribution in [0, 0.1) is 0 Å². The van der Waals surface area contributed by atoms with Crippen molar-refractivity contribution in [3.8, 4) is 0 Å². The first-order valence-corrected chi connectivity index (χ1v) is 5.59. The van der Waals surface area contributed by atoms with Crippen molar-refractivity contribution in [3.63, 3.8) is 0 Å². The molecule has 6 nitrogen and oxygen atoms in total. The molecule has 1 fully saturated rings. The summed E-state index contributed by atoms with van der Waals surface area (Å²) < 4.78 is 5.06. The number of aliphatic hydroxyl groups excluding tert-OH is 2. The van der Waals surface area contributed by atoms with E-state index >= 15 is 0 Å². The summed E-state index contributed by atoms with van der Waals surface area (Å²) in [4.78, 5) is 11.8. The van der Waals surface area contributed by atoms with Crippen LogP contribution in [0.15, 0.2) is 10.6 Å². The molecule has 3 N–H and O–H groups in total. The smallest absolute Gasteiger partial charge is 0.274 e. The van der Waals surface area contributed by atoms with Gasteiger partial charge < -0.3 is 20.1 Å². The molecule has 1 heterocycles. The van der Waals surface area contributed by atoms with Crippen LogP contribution in [-0.4, -0.2) is 40.0 Å². The third-order valence-corrected chi connectivity index (χ3v) is 2.85. The summed E-state index contributed by atoms with van der Waals surface area (Å²) in [6.45, 7) is 0.859. The molecule has 1 aromatic heterocycles. The SMILES string of the molecule is CC(CO)(CO)NC(=O)c1cc(C2CC2)on1. The molecular formula is C11H16N2O4. The molecule has 0 atom stereocenters. The lowest BCUT2D eigenvalue weighted by molar-refractivity contribution is 0.0716. The second kappa shape index (κ2) is 4.46. The molecule has 6 heteroatoms. The fourth-order valence-electron chi connectivity index (χ4n) is 1.42. The van der Waals surface area contributed by atoms with Crippen LogP contribution in [-0.2, 0) is 0 Å². The van der Waals surface area contributed by atoms with Crippen molar-refractivity contribution in [3.05, 3.63) is 17.5 Å². The minimum atomic E-state index is -1.05. The molecule has 1 aromatic rings. The first-order chi connectivity index (χ1) is 8.08. The standard InChI is InChI=1S/C11H16N2O4/c1-11(5-14,6-15)12-10(16)8-4-9(17-13-8)7-2-3-7/h4,7,14-15H,2-3,5-6H2,1H3,(H,12,16). The van der Waals surface area contributed by atoms with Crippen molar-refractivity contribution in [1.29, 1.82) is 0 Å². The number of nitrogens with one attached hydrogen (secondary N) is 1. The van der Waals surface area contributed by atoms with Crippen molar-refractivity contribution < 1.29 is 19.5 Å². The Balaban J connectivity index is 2.03. The fourth-order valence-corrected chi connectivity index (χ4v) is 1.42. The molecule has 0 bridgehead atoms. The van der Waals surface area contributed by atoms with E-state index in [2.05, 4.69) is 10.5 Å². The van der Waals surface area contributed by atoms with E-state index in [9.17, 15) is 4.79 Å². The van der Waals surface area contributed by atoms with Gasteiger partial charge >= 0.3 is 0 Å². The van der Waals surface area contributed by atoms with Gasteiger partial charge in [0.15, 0.2) is 5.69 Å². The molecule has 0 radical (unpaired) electrons. The topological polar surface area (TPSA) is 95.6 Å². The van der Waals surface area contributed by atoms with Crippen molar-refractivity contribution in [2.75, 3.05) is 13.2 Å². The van der Waals surface area contributed by atoms with E-state index in [1.54, 1.807) is 13.0 Å². The summed E-state index contributed by atoms with van der Waals surface area (Å²) in [7, 11) is 0. The lowest BCUT2D eigenvalue weighted by atomic mass is 10.1. The summed E-state index contributed by atoms with van der Waals surface area (Å²) in [5.41, 5.74) is -0.865. The Kier molecular flexibility index (Phi) is 3.17.